The van der Waals surface area contributed by atoms with E-state index < -0.39 is 18.7 Å². The minimum absolute atomic E-state index is 0.0391. The van der Waals surface area contributed by atoms with Gasteiger partial charge in [0.25, 0.3) is 0 Å². The molecule has 0 unspecified atom stereocenters. The standard InChI is InChI=1S/C7H12O2.C7H14O/c1-7(4-5-7)3-2-6(8)9;1-7(4-5-7)3-2-6-8/h2-5H2,1H3,(H,8,9);8H,2-6H2,1H3/i2*3D2. The van der Waals surface area contributed by atoms with Gasteiger partial charge in [-0.15, -0.1) is 0 Å². The van der Waals surface area contributed by atoms with Crippen LogP contribution >= 0.6 is 0 Å². The summed E-state index contributed by atoms with van der Waals surface area (Å²) in [6.45, 7) is 3.71. The van der Waals surface area contributed by atoms with Crippen molar-refractivity contribution in [3.05, 3.63) is 0 Å². The van der Waals surface area contributed by atoms with Crippen molar-refractivity contribution < 1.29 is 20.5 Å². The number of aliphatic hydroxyl groups is 1. The second-order valence-corrected chi connectivity index (χ2v) is 5.52. The summed E-state index contributed by atoms with van der Waals surface area (Å²) in [5.41, 5.74) is -0.499. The molecular formula is C14H26O3. The van der Waals surface area contributed by atoms with Gasteiger partial charge in [-0.1, -0.05) is 13.8 Å². The Hall–Kier alpha value is -0.570. The van der Waals surface area contributed by atoms with Crippen LogP contribution in [0.15, 0.2) is 0 Å². The van der Waals surface area contributed by atoms with Crippen molar-refractivity contribution in [1.29, 1.82) is 0 Å². The molecule has 2 rings (SSSR count). The average molecular weight is 246 g/mol. The Kier molecular flexibility index (Phi) is 3.23. The topological polar surface area (TPSA) is 57.5 Å². The Balaban J connectivity index is 0.000000211. The number of hydrogen-bond acceptors (Lipinski definition) is 2. The molecule has 0 aromatic rings. The third-order valence-corrected chi connectivity index (χ3v) is 3.33. The van der Waals surface area contributed by atoms with Crippen LogP contribution in [-0.4, -0.2) is 22.8 Å². The first-order chi connectivity index (χ1) is 9.39. The van der Waals surface area contributed by atoms with Crippen LogP contribution in [0.5, 0.6) is 0 Å². The van der Waals surface area contributed by atoms with E-state index >= 15 is 0 Å². The zero-order valence-corrected chi connectivity index (χ0v) is 10.8. The lowest BCUT2D eigenvalue weighted by Gasteiger charge is -2.03. The summed E-state index contributed by atoms with van der Waals surface area (Å²) in [6, 6.07) is 0. The fourth-order valence-corrected chi connectivity index (χ4v) is 1.38. The van der Waals surface area contributed by atoms with Crippen LogP contribution in [0, 0.1) is 10.8 Å². The van der Waals surface area contributed by atoms with Gasteiger partial charge >= 0.3 is 5.97 Å². The SMILES string of the molecule is [2H]C([2H])(CC(=O)O)C1(C)CC1.[2H]C([2H])(CCO)C1(C)CC1. The van der Waals surface area contributed by atoms with Gasteiger partial charge in [-0.3, -0.25) is 4.79 Å². The van der Waals surface area contributed by atoms with E-state index in [4.69, 9.17) is 15.7 Å². The summed E-state index contributed by atoms with van der Waals surface area (Å²) < 4.78 is 30.0. The van der Waals surface area contributed by atoms with Gasteiger partial charge in [0.1, 0.15) is 0 Å². The van der Waals surface area contributed by atoms with Crippen LogP contribution in [-0.2, 0) is 4.79 Å². The number of aliphatic carboxylic acids is 1. The summed E-state index contributed by atoms with van der Waals surface area (Å²) in [4.78, 5) is 10.2. The van der Waals surface area contributed by atoms with E-state index in [-0.39, 0.29) is 30.3 Å². The molecule has 17 heavy (non-hydrogen) atoms. The molecule has 2 fully saturated rings. The van der Waals surface area contributed by atoms with E-state index in [1.807, 2.05) is 6.92 Å². The van der Waals surface area contributed by atoms with Gasteiger partial charge < -0.3 is 10.2 Å². The van der Waals surface area contributed by atoms with Crippen molar-refractivity contribution in [3.8, 4) is 0 Å². The van der Waals surface area contributed by atoms with Crippen molar-refractivity contribution in [2.45, 2.75) is 65.1 Å². The average Bonchev–Trinajstić information content (AvgIpc) is 3.18. The molecule has 0 aromatic carbocycles. The third-order valence-electron chi connectivity index (χ3n) is 3.33. The van der Waals surface area contributed by atoms with Crippen LogP contribution in [0.3, 0.4) is 0 Å². The number of carboxylic acid groups (broad SMARTS) is 1. The van der Waals surface area contributed by atoms with E-state index in [0.717, 1.165) is 25.7 Å². The highest BCUT2D eigenvalue weighted by atomic mass is 16.4. The first-order valence-electron chi connectivity index (χ1n) is 8.22. The van der Waals surface area contributed by atoms with Crippen LogP contribution < -0.4 is 0 Å². The third kappa shape index (κ3) is 6.67. The maximum absolute atomic E-state index is 10.2. The molecule has 100 valence electrons. The molecule has 3 nitrogen and oxygen atoms in total. The molecular weight excluding hydrogens is 216 g/mol. The zero-order chi connectivity index (χ0) is 16.5. The first kappa shape index (κ1) is 9.37. The molecule has 2 saturated carbocycles. The maximum Gasteiger partial charge on any atom is 0.303 e. The molecule has 2 aliphatic rings. The lowest BCUT2D eigenvalue weighted by atomic mass is 10.0. The number of aliphatic hydroxyl groups excluding tert-OH is 1. The molecule has 0 saturated heterocycles. The predicted molar refractivity (Wildman–Crippen MR) is 67.9 cm³/mol. The van der Waals surface area contributed by atoms with E-state index in [1.165, 1.54) is 0 Å². The smallest absolute Gasteiger partial charge is 0.303 e. The Labute approximate surface area is 110 Å². The number of carboxylic acids is 1. The Morgan fingerprint density at radius 1 is 1.18 bits per heavy atom. The zero-order valence-electron chi connectivity index (χ0n) is 14.8. The molecule has 0 spiro atoms. The van der Waals surface area contributed by atoms with Gasteiger partial charge in [-0.2, -0.15) is 0 Å². The van der Waals surface area contributed by atoms with E-state index in [2.05, 4.69) is 0 Å². The minimum Gasteiger partial charge on any atom is -0.481 e. The molecule has 0 aromatic heterocycles. The quantitative estimate of drug-likeness (QED) is 0.756. The molecule has 2 N–H and O–H groups in total. The second-order valence-electron chi connectivity index (χ2n) is 5.52. The van der Waals surface area contributed by atoms with Crippen molar-refractivity contribution in [2.75, 3.05) is 6.61 Å². The summed E-state index contributed by atoms with van der Waals surface area (Å²) in [6.07, 6.45) is 0.800. The van der Waals surface area contributed by atoms with Gasteiger partial charge in [-0.25, -0.2) is 0 Å². The summed E-state index contributed by atoms with van der Waals surface area (Å²) >= 11 is 0. The van der Waals surface area contributed by atoms with Crippen LogP contribution in [0.4, 0.5) is 0 Å². The molecule has 0 amide bonds. The van der Waals surface area contributed by atoms with E-state index in [0.29, 0.717) is 0 Å². The monoisotopic (exact) mass is 246 g/mol. The van der Waals surface area contributed by atoms with Crippen LogP contribution in [0.1, 0.15) is 70.6 Å². The second kappa shape index (κ2) is 5.85. The molecule has 0 heterocycles. The Bertz CT molecular complexity index is 388. The number of hydrogen-bond donors (Lipinski definition) is 2. The van der Waals surface area contributed by atoms with Gasteiger partial charge in [0.15, 0.2) is 0 Å². The first-order valence-corrected chi connectivity index (χ1v) is 6.22. The van der Waals surface area contributed by atoms with Gasteiger partial charge in [0, 0.05) is 18.5 Å². The van der Waals surface area contributed by atoms with Crippen LogP contribution in [0.25, 0.3) is 0 Å². The Morgan fingerprint density at radius 3 is 2.00 bits per heavy atom. The summed E-state index contributed by atoms with van der Waals surface area (Å²) in [7, 11) is 0. The molecule has 0 aliphatic heterocycles. The fraction of sp³-hybridized carbons (Fsp3) is 0.929. The highest BCUT2D eigenvalue weighted by Crippen LogP contribution is 2.49. The molecule has 0 atom stereocenters. The highest BCUT2D eigenvalue weighted by molar-refractivity contribution is 5.66. The molecule has 0 radical (unpaired) electrons. The molecule has 0 bridgehead atoms. The van der Waals surface area contributed by atoms with Gasteiger partial charge in [0.2, 0.25) is 0 Å². The maximum atomic E-state index is 10.2. The number of carbonyl (C=O) groups is 1. The summed E-state index contributed by atoms with van der Waals surface area (Å²) in [5.74, 6) is -1.05. The summed E-state index contributed by atoms with van der Waals surface area (Å²) in [5, 5.41) is 17.0. The fourth-order valence-electron chi connectivity index (χ4n) is 1.38. The van der Waals surface area contributed by atoms with Gasteiger partial charge in [-0.05, 0) is 55.7 Å². The highest BCUT2D eigenvalue weighted by Gasteiger charge is 2.37. The van der Waals surface area contributed by atoms with Crippen molar-refractivity contribution >= 4 is 5.97 Å². The normalized spacial score (nSPS) is 27.5. The minimum atomic E-state index is -1.53. The molecule has 3 heteroatoms. The lowest BCUT2D eigenvalue weighted by Crippen LogP contribution is -2.00. The van der Waals surface area contributed by atoms with E-state index in [9.17, 15) is 4.79 Å². The van der Waals surface area contributed by atoms with Crippen molar-refractivity contribution in [3.63, 3.8) is 0 Å². The largest absolute Gasteiger partial charge is 0.481 e. The predicted octanol–water partition coefficient (Wildman–Crippen LogP) is 3.21. The van der Waals surface area contributed by atoms with Crippen molar-refractivity contribution in [2.24, 2.45) is 10.8 Å². The van der Waals surface area contributed by atoms with Crippen molar-refractivity contribution in [1.82, 2.24) is 0 Å². The lowest BCUT2D eigenvalue weighted by molar-refractivity contribution is -0.137. The van der Waals surface area contributed by atoms with Gasteiger partial charge in [0.05, 0.1) is 0 Å². The Morgan fingerprint density at radius 2 is 1.65 bits per heavy atom. The van der Waals surface area contributed by atoms with E-state index in [1.54, 1.807) is 6.92 Å². The number of rotatable bonds is 6. The molecule has 2 aliphatic carbocycles. The van der Waals surface area contributed by atoms with Crippen LogP contribution in [0.2, 0.25) is 0 Å².